The molecule has 0 amide bonds. The minimum absolute atomic E-state index is 0.679. The lowest BCUT2D eigenvalue weighted by Gasteiger charge is -2.23. The Balaban J connectivity index is 1.75. The van der Waals surface area contributed by atoms with Gasteiger partial charge in [-0.1, -0.05) is 25.7 Å². The van der Waals surface area contributed by atoms with E-state index in [1.54, 1.807) is 11.3 Å². The smallest absolute Gasteiger partial charge is 0.0216 e. The van der Waals surface area contributed by atoms with Gasteiger partial charge in [0.2, 0.25) is 0 Å². The molecule has 1 atom stereocenters. The molecule has 0 radical (unpaired) electrons. The Kier molecular flexibility index (Phi) is 4.86. The van der Waals surface area contributed by atoms with Gasteiger partial charge in [-0.15, -0.1) is 0 Å². The van der Waals surface area contributed by atoms with Crippen molar-refractivity contribution in [1.82, 2.24) is 5.32 Å². The van der Waals surface area contributed by atoms with Crippen molar-refractivity contribution >= 4 is 11.3 Å². The van der Waals surface area contributed by atoms with Crippen LogP contribution in [0, 0.1) is 5.92 Å². The Morgan fingerprint density at radius 1 is 1.31 bits per heavy atom. The molecule has 0 spiro atoms. The molecule has 0 saturated heterocycles. The van der Waals surface area contributed by atoms with Gasteiger partial charge in [0.1, 0.15) is 0 Å². The molecule has 1 N–H and O–H groups in total. The maximum atomic E-state index is 3.69. The molecule has 0 aromatic carbocycles. The topological polar surface area (TPSA) is 12.0 Å². The third-order valence-electron chi connectivity index (χ3n) is 3.82. The Morgan fingerprint density at radius 2 is 2.06 bits per heavy atom. The summed E-state index contributed by atoms with van der Waals surface area (Å²) < 4.78 is 0. The number of rotatable bonds is 4. The standard InChI is InChI=1S/C14H23NS/c1-12(14-6-4-2-3-5-7-14)15-10-13-8-9-16-11-13/h8-9,11-12,14-15H,2-7,10H2,1H3/t12-/m1/s1. The summed E-state index contributed by atoms with van der Waals surface area (Å²) in [5, 5.41) is 8.09. The van der Waals surface area contributed by atoms with Crippen molar-refractivity contribution in [2.45, 2.75) is 58.0 Å². The zero-order valence-electron chi connectivity index (χ0n) is 10.2. The van der Waals surface area contributed by atoms with E-state index in [1.165, 1.54) is 44.1 Å². The molecular weight excluding hydrogens is 214 g/mol. The first-order valence-corrected chi connectivity index (χ1v) is 7.55. The summed E-state index contributed by atoms with van der Waals surface area (Å²) in [7, 11) is 0. The highest BCUT2D eigenvalue weighted by molar-refractivity contribution is 7.07. The lowest BCUT2D eigenvalue weighted by Crippen LogP contribution is -2.32. The van der Waals surface area contributed by atoms with Crippen molar-refractivity contribution in [2.24, 2.45) is 5.92 Å². The van der Waals surface area contributed by atoms with Crippen LogP contribution in [0.25, 0.3) is 0 Å². The van der Waals surface area contributed by atoms with Crippen LogP contribution in [0.2, 0.25) is 0 Å². The molecule has 1 aliphatic carbocycles. The SMILES string of the molecule is C[C@@H](NCc1ccsc1)C1CCCCCC1. The highest BCUT2D eigenvalue weighted by Gasteiger charge is 2.18. The van der Waals surface area contributed by atoms with Gasteiger partial charge in [-0.2, -0.15) is 11.3 Å². The van der Waals surface area contributed by atoms with E-state index in [4.69, 9.17) is 0 Å². The summed E-state index contributed by atoms with van der Waals surface area (Å²) >= 11 is 1.79. The molecule has 90 valence electrons. The van der Waals surface area contributed by atoms with Gasteiger partial charge in [0.05, 0.1) is 0 Å². The van der Waals surface area contributed by atoms with Gasteiger partial charge in [-0.05, 0) is 48.1 Å². The Bertz CT molecular complexity index is 273. The number of hydrogen-bond acceptors (Lipinski definition) is 2. The fourth-order valence-corrected chi connectivity index (χ4v) is 3.32. The highest BCUT2D eigenvalue weighted by Crippen LogP contribution is 2.25. The first-order chi connectivity index (χ1) is 7.86. The van der Waals surface area contributed by atoms with Crippen molar-refractivity contribution in [2.75, 3.05) is 0 Å². The Morgan fingerprint density at radius 3 is 2.69 bits per heavy atom. The average molecular weight is 237 g/mol. The first-order valence-electron chi connectivity index (χ1n) is 6.61. The monoisotopic (exact) mass is 237 g/mol. The molecule has 0 bridgehead atoms. The normalized spacial score (nSPS) is 20.6. The highest BCUT2D eigenvalue weighted by atomic mass is 32.1. The molecule has 1 fully saturated rings. The molecule has 1 heterocycles. The van der Waals surface area contributed by atoms with Crippen LogP contribution < -0.4 is 5.32 Å². The second-order valence-electron chi connectivity index (χ2n) is 5.05. The van der Waals surface area contributed by atoms with Crippen LogP contribution in [0.15, 0.2) is 16.8 Å². The maximum Gasteiger partial charge on any atom is 0.0216 e. The van der Waals surface area contributed by atoms with Gasteiger partial charge in [0, 0.05) is 12.6 Å². The van der Waals surface area contributed by atoms with Crippen molar-refractivity contribution in [3.05, 3.63) is 22.4 Å². The van der Waals surface area contributed by atoms with Crippen molar-refractivity contribution in [1.29, 1.82) is 0 Å². The third kappa shape index (κ3) is 3.60. The summed E-state index contributed by atoms with van der Waals surface area (Å²) in [4.78, 5) is 0. The summed E-state index contributed by atoms with van der Waals surface area (Å²) in [6, 6.07) is 2.90. The fourth-order valence-electron chi connectivity index (χ4n) is 2.65. The lowest BCUT2D eigenvalue weighted by atomic mass is 9.93. The van der Waals surface area contributed by atoms with E-state index < -0.39 is 0 Å². The molecule has 1 nitrogen and oxygen atoms in total. The molecule has 0 aliphatic heterocycles. The summed E-state index contributed by atoms with van der Waals surface area (Å²) in [5.41, 5.74) is 1.44. The number of nitrogens with one attached hydrogen (secondary N) is 1. The van der Waals surface area contributed by atoms with Crippen LogP contribution in [0.4, 0.5) is 0 Å². The predicted molar refractivity (Wildman–Crippen MR) is 71.8 cm³/mol. The van der Waals surface area contributed by atoms with E-state index in [0.717, 1.165) is 12.5 Å². The summed E-state index contributed by atoms with van der Waals surface area (Å²) in [5.74, 6) is 0.904. The van der Waals surface area contributed by atoms with Crippen LogP contribution in [0.1, 0.15) is 51.0 Å². The van der Waals surface area contributed by atoms with E-state index in [1.807, 2.05) is 0 Å². The molecule has 1 saturated carbocycles. The van der Waals surface area contributed by atoms with Gasteiger partial charge in [0.15, 0.2) is 0 Å². The van der Waals surface area contributed by atoms with E-state index in [0.29, 0.717) is 6.04 Å². The van der Waals surface area contributed by atoms with Gasteiger partial charge in [-0.3, -0.25) is 0 Å². The molecule has 1 aromatic heterocycles. The van der Waals surface area contributed by atoms with E-state index in [-0.39, 0.29) is 0 Å². The molecule has 2 heteroatoms. The van der Waals surface area contributed by atoms with Crippen molar-refractivity contribution in [3.8, 4) is 0 Å². The zero-order chi connectivity index (χ0) is 11.2. The predicted octanol–water partition coefficient (Wildman–Crippen LogP) is 4.20. The van der Waals surface area contributed by atoms with E-state index in [9.17, 15) is 0 Å². The van der Waals surface area contributed by atoms with Crippen LogP contribution in [0.5, 0.6) is 0 Å². The van der Waals surface area contributed by atoms with Gasteiger partial charge >= 0.3 is 0 Å². The Hall–Kier alpha value is -0.340. The zero-order valence-corrected chi connectivity index (χ0v) is 11.1. The molecule has 1 aromatic rings. The van der Waals surface area contributed by atoms with Crippen LogP contribution in [0.3, 0.4) is 0 Å². The third-order valence-corrected chi connectivity index (χ3v) is 4.55. The van der Waals surface area contributed by atoms with Crippen LogP contribution in [-0.4, -0.2) is 6.04 Å². The van der Waals surface area contributed by atoms with Crippen molar-refractivity contribution < 1.29 is 0 Å². The summed E-state index contributed by atoms with van der Waals surface area (Å²) in [6.45, 7) is 3.41. The quantitative estimate of drug-likeness (QED) is 0.774. The second kappa shape index (κ2) is 6.41. The van der Waals surface area contributed by atoms with Gasteiger partial charge in [0.25, 0.3) is 0 Å². The summed E-state index contributed by atoms with van der Waals surface area (Å²) in [6.07, 6.45) is 8.64. The molecule has 16 heavy (non-hydrogen) atoms. The number of thiophene rings is 1. The van der Waals surface area contributed by atoms with E-state index >= 15 is 0 Å². The van der Waals surface area contributed by atoms with E-state index in [2.05, 4.69) is 29.1 Å². The minimum Gasteiger partial charge on any atom is -0.310 e. The lowest BCUT2D eigenvalue weighted by molar-refractivity contribution is 0.337. The number of hydrogen-bond donors (Lipinski definition) is 1. The molecule has 2 rings (SSSR count). The second-order valence-corrected chi connectivity index (χ2v) is 5.83. The van der Waals surface area contributed by atoms with Crippen LogP contribution >= 0.6 is 11.3 Å². The Labute approximate surface area is 103 Å². The maximum absolute atomic E-state index is 3.69. The van der Waals surface area contributed by atoms with Crippen LogP contribution in [-0.2, 0) is 6.54 Å². The average Bonchev–Trinajstić information content (AvgIpc) is 2.66. The van der Waals surface area contributed by atoms with Gasteiger partial charge in [-0.25, -0.2) is 0 Å². The minimum atomic E-state index is 0.679. The van der Waals surface area contributed by atoms with Crippen molar-refractivity contribution in [3.63, 3.8) is 0 Å². The molecular formula is C14H23NS. The molecule has 1 aliphatic rings. The fraction of sp³-hybridized carbons (Fsp3) is 0.714. The van der Waals surface area contributed by atoms with Gasteiger partial charge < -0.3 is 5.32 Å². The first kappa shape index (κ1) is 12.1. The molecule has 0 unspecified atom stereocenters. The largest absolute Gasteiger partial charge is 0.310 e.